The number of carbonyl (C=O) groups excluding carboxylic acids is 1. The highest BCUT2D eigenvalue weighted by Crippen LogP contribution is 2.27. The van der Waals surface area contributed by atoms with E-state index in [0.29, 0.717) is 31.7 Å². The number of pyridine rings is 2. The molecule has 5 rings (SSSR count). The molecule has 12 heteroatoms. The molecule has 0 saturated heterocycles. The highest BCUT2D eigenvalue weighted by molar-refractivity contribution is 5.86. The Balaban J connectivity index is 0.00000205. The van der Waals surface area contributed by atoms with Crippen LogP contribution in [0.1, 0.15) is 57.7 Å². The van der Waals surface area contributed by atoms with Crippen LogP contribution in [0.25, 0.3) is 0 Å². The normalized spacial score (nSPS) is 13.9. The number of halogens is 3. The van der Waals surface area contributed by atoms with Crippen molar-refractivity contribution in [3.05, 3.63) is 111 Å². The number of amides is 1. The van der Waals surface area contributed by atoms with Crippen LogP contribution in [0.4, 0.5) is 11.6 Å². The average molecular weight is 633 g/mol. The molecule has 1 aliphatic rings. The van der Waals surface area contributed by atoms with Gasteiger partial charge in [0.25, 0.3) is 5.56 Å². The first-order valence-corrected chi connectivity index (χ1v) is 13.1. The van der Waals surface area contributed by atoms with E-state index >= 15 is 0 Å². The molecule has 2 atom stereocenters. The summed E-state index contributed by atoms with van der Waals surface area (Å²) in [6.07, 6.45) is 4.63. The van der Waals surface area contributed by atoms with Crippen LogP contribution in [-0.4, -0.2) is 32.0 Å². The molecule has 0 unspecified atom stereocenters. The lowest BCUT2D eigenvalue weighted by molar-refractivity contribution is -0.124. The topological polar surface area (TPSA) is 128 Å². The van der Waals surface area contributed by atoms with Crippen molar-refractivity contribution in [2.24, 2.45) is 0 Å². The zero-order chi connectivity index (χ0) is 27.5. The summed E-state index contributed by atoms with van der Waals surface area (Å²) in [7, 11) is 0. The van der Waals surface area contributed by atoms with E-state index in [-0.39, 0.29) is 60.4 Å². The number of nitrogens with one attached hydrogen (secondary N) is 2. The zero-order valence-corrected chi connectivity index (χ0v) is 26.1. The Morgan fingerprint density at radius 2 is 1.83 bits per heavy atom. The molecular weight excluding hydrogens is 597 g/mol. The summed E-state index contributed by atoms with van der Waals surface area (Å²) < 4.78 is 1.57. The van der Waals surface area contributed by atoms with E-state index in [0.717, 1.165) is 28.2 Å². The number of nitrogens with zero attached hydrogens (tertiary/aromatic N) is 4. The number of nitrogens with two attached hydrogens (primary N) is 1. The Morgan fingerprint density at radius 1 is 1.05 bits per heavy atom. The van der Waals surface area contributed by atoms with Gasteiger partial charge in [0.1, 0.15) is 11.9 Å². The monoisotopic (exact) mass is 631 g/mol. The number of benzene rings is 1. The van der Waals surface area contributed by atoms with Crippen LogP contribution in [0.15, 0.2) is 65.7 Å². The summed E-state index contributed by atoms with van der Waals surface area (Å²) in [4.78, 5) is 40.0. The van der Waals surface area contributed by atoms with Gasteiger partial charge in [-0.2, -0.15) is 0 Å². The van der Waals surface area contributed by atoms with E-state index < -0.39 is 6.04 Å². The third-order valence-corrected chi connectivity index (χ3v) is 7.48. The number of carbonyl (C=O) groups is 1. The number of nitrogen functional groups attached to an aromatic ring is 1. The second-order valence-corrected chi connectivity index (χ2v) is 10.1. The first-order chi connectivity index (χ1) is 18.8. The van der Waals surface area contributed by atoms with Crippen LogP contribution in [0.3, 0.4) is 0 Å². The van der Waals surface area contributed by atoms with Gasteiger partial charge in [-0.05, 0) is 74.1 Å². The first-order valence-electron chi connectivity index (χ1n) is 13.1. The zero-order valence-electron chi connectivity index (χ0n) is 23.7. The van der Waals surface area contributed by atoms with Gasteiger partial charge >= 0.3 is 0 Å². The van der Waals surface area contributed by atoms with Crippen LogP contribution in [0.5, 0.6) is 0 Å². The first kappa shape index (κ1) is 34.5. The summed E-state index contributed by atoms with van der Waals surface area (Å²) in [5, 5.41) is 6.23. The molecule has 0 bridgehead atoms. The molecule has 3 aromatic heterocycles. The Morgan fingerprint density at radius 3 is 2.52 bits per heavy atom. The number of aryl methyl sites for hydroxylation is 4. The van der Waals surface area contributed by atoms with Crippen LogP contribution in [0, 0.1) is 20.8 Å². The predicted molar refractivity (Wildman–Crippen MR) is 173 cm³/mol. The van der Waals surface area contributed by atoms with Crippen LogP contribution in [0.2, 0.25) is 0 Å². The molecule has 1 amide bonds. The Labute approximate surface area is 264 Å². The SMILES string of the molecule is Cc1ccc([C@H](CNc2ncc3n(c2=O)[C@H](C(=O)NCc2ccc(N)nc2C)CC3)c2ccccn2)cc1C.Cl.Cl.Cl. The average Bonchev–Trinajstić information content (AvgIpc) is 3.37. The van der Waals surface area contributed by atoms with Crippen molar-refractivity contribution in [3.63, 3.8) is 0 Å². The molecular formula is C30H36Cl3N7O2. The van der Waals surface area contributed by atoms with Crippen molar-refractivity contribution in [2.75, 3.05) is 17.6 Å². The molecule has 4 aromatic rings. The fourth-order valence-corrected chi connectivity index (χ4v) is 5.06. The summed E-state index contributed by atoms with van der Waals surface area (Å²) in [6.45, 7) is 6.78. The lowest BCUT2D eigenvalue weighted by Gasteiger charge is -2.20. The Bertz CT molecular complexity index is 1580. The molecule has 9 nitrogen and oxygen atoms in total. The second-order valence-electron chi connectivity index (χ2n) is 10.1. The van der Waals surface area contributed by atoms with E-state index in [1.807, 2.05) is 31.2 Å². The van der Waals surface area contributed by atoms with E-state index in [2.05, 4.69) is 57.6 Å². The minimum absolute atomic E-state index is 0. The highest BCUT2D eigenvalue weighted by atomic mass is 35.5. The van der Waals surface area contributed by atoms with Crippen molar-refractivity contribution in [1.29, 1.82) is 0 Å². The van der Waals surface area contributed by atoms with Crippen molar-refractivity contribution >= 4 is 54.8 Å². The van der Waals surface area contributed by atoms with Crippen molar-refractivity contribution < 1.29 is 4.79 Å². The van der Waals surface area contributed by atoms with Crippen LogP contribution in [-0.2, 0) is 17.8 Å². The van der Waals surface area contributed by atoms with Crippen molar-refractivity contribution in [3.8, 4) is 0 Å². The maximum atomic E-state index is 13.5. The standard InChI is InChI=1S/C30H33N7O2.3ClH/c1-18-7-8-21(14-19(18)2)24(25-6-4-5-13-32-25)17-34-28-30(39)37-23(16-33-28)10-11-26(37)29(38)35-15-22-9-12-27(31)36-20(22)3;;;/h4-9,12-14,16,24,26H,10-11,15,17H2,1-3H3,(H2,31,36)(H,33,34)(H,35,38);3*1H/t24-,26-;;;/m0.../s1. The maximum absolute atomic E-state index is 13.5. The minimum Gasteiger partial charge on any atom is -0.384 e. The number of hydrogen-bond acceptors (Lipinski definition) is 7. The summed E-state index contributed by atoms with van der Waals surface area (Å²) >= 11 is 0. The van der Waals surface area contributed by atoms with Crippen LogP contribution < -0.4 is 21.9 Å². The molecule has 0 spiro atoms. The number of anilines is 2. The fraction of sp³-hybridized carbons (Fsp3) is 0.300. The molecule has 0 radical (unpaired) electrons. The summed E-state index contributed by atoms with van der Waals surface area (Å²) in [5.74, 6) is 0.377. The fourth-order valence-electron chi connectivity index (χ4n) is 5.06. The largest absolute Gasteiger partial charge is 0.384 e. The van der Waals surface area contributed by atoms with Gasteiger partial charge in [-0.15, -0.1) is 37.2 Å². The lowest BCUT2D eigenvalue weighted by atomic mass is 9.92. The van der Waals surface area contributed by atoms with Gasteiger partial charge in [-0.25, -0.2) is 9.97 Å². The van der Waals surface area contributed by atoms with Gasteiger partial charge in [0.2, 0.25) is 5.91 Å². The molecule has 1 aliphatic heterocycles. The van der Waals surface area contributed by atoms with Crippen LogP contribution >= 0.6 is 37.2 Å². The second kappa shape index (κ2) is 15.0. The highest BCUT2D eigenvalue weighted by Gasteiger charge is 2.31. The summed E-state index contributed by atoms with van der Waals surface area (Å²) in [6, 6.07) is 15.2. The van der Waals surface area contributed by atoms with Crippen molar-refractivity contribution in [1.82, 2.24) is 24.8 Å². The summed E-state index contributed by atoms with van der Waals surface area (Å²) in [5.41, 5.74) is 12.3. The smallest absolute Gasteiger partial charge is 0.294 e. The molecule has 0 fully saturated rings. The lowest BCUT2D eigenvalue weighted by Crippen LogP contribution is -2.36. The van der Waals surface area contributed by atoms with E-state index in [1.165, 1.54) is 11.1 Å². The van der Waals surface area contributed by atoms with Gasteiger partial charge < -0.3 is 16.4 Å². The van der Waals surface area contributed by atoms with Crippen molar-refractivity contribution in [2.45, 2.75) is 52.1 Å². The predicted octanol–water partition coefficient (Wildman–Crippen LogP) is 4.85. The number of aromatic nitrogens is 4. The molecule has 0 saturated carbocycles. The molecule has 4 N–H and O–H groups in total. The van der Waals surface area contributed by atoms with E-state index in [9.17, 15) is 9.59 Å². The minimum atomic E-state index is -0.593. The molecule has 42 heavy (non-hydrogen) atoms. The molecule has 4 heterocycles. The molecule has 224 valence electrons. The Hall–Kier alpha value is -3.66. The van der Waals surface area contributed by atoms with E-state index in [1.54, 1.807) is 23.0 Å². The maximum Gasteiger partial charge on any atom is 0.294 e. The van der Waals surface area contributed by atoms with E-state index in [4.69, 9.17) is 5.73 Å². The van der Waals surface area contributed by atoms with Gasteiger partial charge in [0, 0.05) is 48.5 Å². The van der Waals surface area contributed by atoms with Gasteiger partial charge in [-0.3, -0.25) is 19.1 Å². The number of fused-ring (bicyclic) bond motifs is 1. The van der Waals surface area contributed by atoms with Gasteiger partial charge in [0.05, 0.1) is 0 Å². The third kappa shape index (κ3) is 7.40. The quantitative estimate of drug-likeness (QED) is 0.253. The molecule has 1 aromatic carbocycles. The number of rotatable bonds is 8. The third-order valence-electron chi connectivity index (χ3n) is 7.48. The number of hydrogen-bond donors (Lipinski definition) is 3. The van der Waals surface area contributed by atoms with Gasteiger partial charge in [0.15, 0.2) is 5.82 Å². The molecule has 0 aliphatic carbocycles. The Kier molecular flexibility index (Phi) is 12.3. The van der Waals surface area contributed by atoms with Gasteiger partial charge in [-0.1, -0.05) is 30.3 Å².